The van der Waals surface area contributed by atoms with Crippen LogP contribution in [0.5, 0.6) is 0 Å². The molecule has 0 radical (unpaired) electrons. The topological polar surface area (TPSA) is 49.4 Å². The van der Waals surface area contributed by atoms with Crippen LogP contribution in [0.1, 0.15) is 39.5 Å². The van der Waals surface area contributed by atoms with E-state index in [-0.39, 0.29) is 17.2 Å². The molecule has 0 bridgehead atoms. The summed E-state index contributed by atoms with van der Waals surface area (Å²) < 4.78 is 26.3. The minimum atomic E-state index is -3.07. The summed E-state index contributed by atoms with van der Waals surface area (Å²) in [6.45, 7) is 6.66. The van der Waals surface area contributed by atoms with Crippen LogP contribution in [0.15, 0.2) is 0 Å². The summed E-state index contributed by atoms with van der Waals surface area (Å²) in [6, 6.07) is 0.171. The highest BCUT2D eigenvalue weighted by Gasteiger charge is 2.34. The van der Waals surface area contributed by atoms with E-state index in [0.717, 1.165) is 32.2 Å². The molecule has 0 aromatic heterocycles. The van der Waals surface area contributed by atoms with Crippen molar-refractivity contribution >= 4 is 10.0 Å². The monoisotopic (exact) mass is 260 g/mol. The summed E-state index contributed by atoms with van der Waals surface area (Å²) in [6.07, 6.45) is 4.22. The molecule has 0 aromatic rings. The molecule has 0 aliphatic carbocycles. The number of nitrogens with zero attached hydrogens (tertiary/aromatic N) is 1. The lowest BCUT2D eigenvalue weighted by Gasteiger charge is -2.37. The van der Waals surface area contributed by atoms with E-state index >= 15 is 0 Å². The van der Waals surface area contributed by atoms with E-state index in [9.17, 15) is 8.42 Å². The number of hydrogen-bond acceptors (Lipinski definition) is 3. The number of sulfonamides is 1. The van der Waals surface area contributed by atoms with Gasteiger partial charge in [0, 0.05) is 19.1 Å². The van der Waals surface area contributed by atoms with Gasteiger partial charge < -0.3 is 5.32 Å². The zero-order valence-electron chi connectivity index (χ0n) is 10.9. The zero-order valence-corrected chi connectivity index (χ0v) is 11.7. The molecule has 1 N–H and O–H groups in total. The smallest absolute Gasteiger partial charge is 0.215 e. The van der Waals surface area contributed by atoms with Crippen molar-refractivity contribution in [2.45, 2.75) is 45.6 Å². The first-order valence-electron chi connectivity index (χ1n) is 6.60. The predicted octanol–water partition coefficient (Wildman–Crippen LogP) is 1.19. The first-order valence-corrected chi connectivity index (χ1v) is 8.21. The van der Waals surface area contributed by atoms with Gasteiger partial charge in [-0.05, 0) is 37.6 Å². The van der Waals surface area contributed by atoms with Crippen LogP contribution in [-0.4, -0.2) is 44.2 Å². The van der Waals surface area contributed by atoms with Crippen molar-refractivity contribution in [1.82, 2.24) is 9.62 Å². The van der Waals surface area contributed by atoms with E-state index in [1.54, 1.807) is 4.31 Å². The van der Waals surface area contributed by atoms with Crippen LogP contribution in [0.2, 0.25) is 0 Å². The van der Waals surface area contributed by atoms with Crippen molar-refractivity contribution in [2.24, 2.45) is 5.41 Å². The number of rotatable bonds is 3. The molecule has 1 atom stereocenters. The maximum Gasteiger partial charge on any atom is 0.215 e. The third kappa shape index (κ3) is 3.42. The second kappa shape index (κ2) is 4.86. The second-order valence-electron chi connectivity index (χ2n) is 6.17. The molecule has 17 heavy (non-hydrogen) atoms. The van der Waals surface area contributed by atoms with Gasteiger partial charge in [0.25, 0.3) is 0 Å². The van der Waals surface area contributed by atoms with E-state index in [0.29, 0.717) is 13.1 Å². The molecule has 2 aliphatic rings. The Morgan fingerprint density at radius 2 is 2.12 bits per heavy atom. The van der Waals surface area contributed by atoms with Crippen LogP contribution in [0.25, 0.3) is 0 Å². The molecule has 0 aromatic carbocycles. The van der Waals surface area contributed by atoms with Gasteiger partial charge in [0.1, 0.15) is 0 Å². The highest BCUT2D eigenvalue weighted by Crippen LogP contribution is 2.30. The average molecular weight is 260 g/mol. The molecule has 4 nitrogen and oxygen atoms in total. The molecule has 0 amide bonds. The maximum atomic E-state index is 12.3. The van der Waals surface area contributed by atoms with E-state index < -0.39 is 10.0 Å². The summed E-state index contributed by atoms with van der Waals surface area (Å²) in [7, 11) is -3.07. The molecule has 5 heteroatoms. The third-order valence-corrected chi connectivity index (χ3v) is 5.76. The van der Waals surface area contributed by atoms with Gasteiger partial charge in [-0.3, -0.25) is 0 Å². The van der Waals surface area contributed by atoms with Crippen LogP contribution >= 0.6 is 0 Å². The molecular weight excluding hydrogens is 236 g/mol. The van der Waals surface area contributed by atoms with Crippen molar-refractivity contribution in [2.75, 3.05) is 25.4 Å². The Kier molecular flexibility index (Phi) is 3.80. The molecule has 0 saturated carbocycles. The highest BCUT2D eigenvalue weighted by molar-refractivity contribution is 7.89. The van der Waals surface area contributed by atoms with Gasteiger partial charge in [0.15, 0.2) is 0 Å². The fourth-order valence-corrected chi connectivity index (χ4v) is 4.82. The van der Waals surface area contributed by atoms with Gasteiger partial charge in [-0.1, -0.05) is 13.8 Å². The van der Waals surface area contributed by atoms with Crippen LogP contribution in [0, 0.1) is 5.41 Å². The van der Waals surface area contributed by atoms with Gasteiger partial charge in [-0.2, -0.15) is 0 Å². The molecule has 2 heterocycles. The standard InChI is InChI=1S/C12H24N2O2S/c1-12(2)6-4-8-14(10-12)17(15,16)9-11-5-3-7-13-11/h11,13H,3-10H2,1-2H3. The summed E-state index contributed by atoms with van der Waals surface area (Å²) >= 11 is 0. The van der Waals surface area contributed by atoms with Crippen LogP contribution in [0.3, 0.4) is 0 Å². The number of hydrogen-bond donors (Lipinski definition) is 1. The van der Waals surface area contributed by atoms with Crippen LogP contribution < -0.4 is 5.32 Å². The summed E-state index contributed by atoms with van der Waals surface area (Å²) in [5.41, 5.74) is 0.133. The van der Waals surface area contributed by atoms with Crippen LogP contribution in [-0.2, 0) is 10.0 Å². The quantitative estimate of drug-likeness (QED) is 0.829. The molecule has 2 rings (SSSR count). The lowest BCUT2D eigenvalue weighted by atomic mass is 9.85. The lowest BCUT2D eigenvalue weighted by molar-refractivity contribution is 0.186. The number of piperidine rings is 1. The molecule has 100 valence electrons. The Hall–Kier alpha value is -0.130. The van der Waals surface area contributed by atoms with Crippen molar-refractivity contribution in [3.05, 3.63) is 0 Å². The largest absolute Gasteiger partial charge is 0.313 e. The molecule has 0 spiro atoms. The molecular formula is C12H24N2O2S. The Bertz CT molecular complexity index is 359. The Morgan fingerprint density at radius 1 is 1.35 bits per heavy atom. The highest BCUT2D eigenvalue weighted by atomic mass is 32.2. The molecule has 2 fully saturated rings. The summed E-state index contributed by atoms with van der Waals surface area (Å²) in [4.78, 5) is 0. The van der Waals surface area contributed by atoms with Gasteiger partial charge in [0.2, 0.25) is 10.0 Å². The van der Waals surface area contributed by atoms with E-state index in [1.165, 1.54) is 0 Å². The number of nitrogens with one attached hydrogen (secondary N) is 1. The first kappa shape index (κ1) is 13.3. The van der Waals surface area contributed by atoms with Crippen molar-refractivity contribution in [3.63, 3.8) is 0 Å². The van der Waals surface area contributed by atoms with E-state index in [1.807, 2.05) is 0 Å². The SMILES string of the molecule is CC1(C)CCCN(S(=O)(=O)CC2CCCN2)C1. The summed E-state index contributed by atoms with van der Waals surface area (Å²) in [5, 5.41) is 3.27. The van der Waals surface area contributed by atoms with Crippen molar-refractivity contribution in [1.29, 1.82) is 0 Å². The maximum absolute atomic E-state index is 12.3. The zero-order chi connectivity index (χ0) is 12.5. The van der Waals surface area contributed by atoms with Gasteiger partial charge in [-0.15, -0.1) is 0 Å². The first-order chi connectivity index (χ1) is 7.89. The van der Waals surface area contributed by atoms with Gasteiger partial charge >= 0.3 is 0 Å². The van der Waals surface area contributed by atoms with Gasteiger partial charge in [0.05, 0.1) is 5.75 Å². The fourth-order valence-electron chi connectivity index (χ4n) is 2.87. The predicted molar refractivity (Wildman–Crippen MR) is 69.4 cm³/mol. The van der Waals surface area contributed by atoms with E-state index in [2.05, 4.69) is 19.2 Å². The average Bonchev–Trinajstić information content (AvgIpc) is 2.68. The minimum Gasteiger partial charge on any atom is -0.313 e. The van der Waals surface area contributed by atoms with E-state index in [4.69, 9.17) is 0 Å². The molecule has 2 aliphatic heterocycles. The van der Waals surface area contributed by atoms with Crippen molar-refractivity contribution in [3.8, 4) is 0 Å². The lowest BCUT2D eigenvalue weighted by Crippen LogP contribution is -2.47. The van der Waals surface area contributed by atoms with Crippen molar-refractivity contribution < 1.29 is 8.42 Å². The van der Waals surface area contributed by atoms with Gasteiger partial charge in [-0.25, -0.2) is 12.7 Å². The minimum absolute atomic E-state index is 0.133. The molecule has 2 saturated heterocycles. The second-order valence-corrected chi connectivity index (χ2v) is 8.19. The Balaban J connectivity index is 1.99. The Labute approximate surface area is 105 Å². The normalized spacial score (nSPS) is 30.6. The van der Waals surface area contributed by atoms with Crippen LogP contribution in [0.4, 0.5) is 0 Å². The third-order valence-electron chi connectivity index (χ3n) is 3.83. The Morgan fingerprint density at radius 3 is 2.71 bits per heavy atom. The molecule has 1 unspecified atom stereocenters. The fraction of sp³-hybridized carbons (Fsp3) is 1.00. The summed E-state index contributed by atoms with van der Waals surface area (Å²) in [5.74, 6) is 0.281.